The first-order valence-electron chi connectivity index (χ1n) is 7.07. The summed E-state index contributed by atoms with van der Waals surface area (Å²) in [6.07, 6.45) is 4.52. The largest absolute Gasteiger partial charge is 0.339 e. The lowest BCUT2D eigenvalue weighted by atomic mass is 9.98. The molecule has 1 aromatic heterocycles. The summed E-state index contributed by atoms with van der Waals surface area (Å²) in [6.45, 7) is 3.83. The van der Waals surface area contributed by atoms with E-state index in [4.69, 9.17) is 17.4 Å². The number of hydrazine groups is 1. The molecule has 110 valence electrons. The first-order valence-corrected chi connectivity index (χ1v) is 7.45. The van der Waals surface area contributed by atoms with Crippen LogP contribution < -0.4 is 11.3 Å². The minimum Gasteiger partial charge on any atom is -0.339 e. The summed E-state index contributed by atoms with van der Waals surface area (Å²) < 4.78 is 0. The number of hydrogen-bond acceptors (Lipinski definition) is 4. The van der Waals surface area contributed by atoms with Crippen molar-refractivity contribution in [3.8, 4) is 0 Å². The molecule has 5 nitrogen and oxygen atoms in total. The molecule has 1 aliphatic rings. The Hall–Kier alpha value is -1.33. The highest BCUT2D eigenvalue weighted by atomic mass is 35.5. The number of aromatic nitrogens is 1. The normalized spacial score (nSPS) is 19.6. The molecule has 0 bridgehead atoms. The van der Waals surface area contributed by atoms with Gasteiger partial charge < -0.3 is 10.3 Å². The van der Waals surface area contributed by atoms with Gasteiger partial charge in [0.2, 0.25) is 0 Å². The third-order valence-corrected chi connectivity index (χ3v) is 4.09. The average molecular weight is 297 g/mol. The quantitative estimate of drug-likeness (QED) is 0.511. The molecule has 0 aromatic carbocycles. The van der Waals surface area contributed by atoms with Crippen LogP contribution in [0.25, 0.3) is 0 Å². The van der Waals surface area contributed by atoms with Crippen molar-refractivity contribution in [1.82, 2.24) is 9.88 Å². The van der Waals surface area contributed by atoms with Gasteiger partial charge in [-0.25, -0.2) is 10.8 Å². The van der Waals surface area contributed by atoms with Gasteiger partial charge in [-0.2, -0.15) is 0 Å². The maximum atomic E-state index is 12.5. The molecule has 6 heteroatoms. The van der Waals surface area contributed by atoms with Crippen molar-refractivity contribution < 1.29 is 4.79 Å². The van der Waals surface area contributed by atoms with E-state index in [1.54, 1.807) is 12.1 Å². The number of nitrogens with zero attached hydrogens (tertiary/aromatic N) is 2. The summed E-state index contributed by atoms with van der Waals surface area (Å²) in [4.78, 5) is 18.4. The molecule has 1 unspecified atom stereocenters. The second-order valence-corrected chi connectivity index (χ2v) is 5.59. The van der Waals surface area contributed by atoms with Crippen LogP contribution in [-0.4, -0.2) is 28.9 Å². The molecule has 2 heterocycles. The number of nitrogens with one attached hydrogen (secondary N) is 1. The highest BCUT2D eigenvalue weighted by Gasteiger charge is 2.21. The minimum absolute atomic E-state index is 0.00236. The predicted molar refractivity (Wildman–Crippen MR) is 80.6 cm³/mol. The van der Waals surface area contributed by atoms with Gasteiger partial charge in [0, 0.05) is 18.7 Å². The van der Waals surface area contributed by atoms with Gasteiger partial charge in [0.05, 0.1) is 0 Å². The zero-order valence-corrected chi connectivity index (χ0v) is 12.5. The van der Waals surface area contributed by atoms with Crippen LogP contribution in [0.1, 0.15) is 43.0 Å². The molecule has 0 aliphatic carbocycles. The van der Waals surface area contributed by atoms with E-state index >= 15 is 0 Å². The summed E-state index contributed by atoms with van der Waals surface area (Å²) in [6, 6.07) is 3.23. The Morgan fingerprint density at radius 2 is 2.30 bits per heavy atom. The first kappa shape index (κ1) is 15.1. The van der Waals surface area contributed by atoms with E-state index in [0.29, 0.717) is 11.4 Å². The molecule has 20 heavy (non-hydrogen) atoms. The lowest BCUT2D eigenvalue weighted by Gasteiger charge is -2.21. The Balaban J connectivity index is 2.12. The van der Waals surface area contributed by atoms with Crippen LogP contribution in [0, 0.1) is 5.92 Å². The van der Waals surface area contributed by atoms with Crippen molar-refractivity contribution in [3.05, 3.63) is 22.8 Å². The first-order chi connectivity index (χ1) is 9.63. The number of anilines is 1. The monoisotopic (exact) mass is 296 g/mol. The molecular formula is C14H21ClN4O. The van der Waals surface area contributed by atoms with Crippen molar-refractivity contribution in [2.45, 2.75) is 32.6 Å². The standard InChI is InChI=1S/C14H21ClN4O/c1-2-10-4-3-6-19(7-5-10)14(20)11-8-12(15)17-13(9-11)18-16/h8-10H,2-7,16H2,1H3,(H,17,18). The van der Waals surface area contributed by atoms with E-state index in [0.717, 1.165) is 31.8 Å². The number of amides is 1. The summed E-state index contributed by atoms with van der Waals surface area (Å²) in [5.74, 6) is 6.47. The third-order valence-electron chi connectivity index (χ3n) is 3.90. The second-order valence-electron chi connectivity index (χ2n) is 5.21. The SMILES string of the molecule is CCC1CCCN(C(=O)c2cc(Cl)nc(NN)c2)CC1. The van der Waals surface area contributed by atoms with Gasteiger partial charge in [-0.05, 0) is 37.3 Å². The van der Waals surface area contributed by atoms with Gasteiger partial charge in [0.15, 0.2) is 0 Å². The van der Waals surface area contributed by atoms with E-state index in [9.17, 15) is 4.79 Å². The van der Waals surface area contributed by atoms with Crippen LogP contribution in [-0.2, 0) is 0 Å². The molecule has 3 N–H and O–H groups in total. The maximum absolute atomic E-state index is 12.5. The number of pyridine rings is 1. The van der Waals surface area contributed by atoms with Crippen LogP contribution in [0.5, 0.6) is 0 Å². The topological polar surface area (TPSA) is 71.2 Å². The van der Waals surface area contributed by atoms with E-state index in [1.165, 1.54) is 12.8 Å². The van der Waals surface area contributed by atoms with Gasteiger partial charge in [-0.1, -0.05) is 24.9 Å². The Morgan fingerprint density at radius 1 is 1.50 bits per heavy atom. The van der Waals surface area contributed by atoms with Crippen molar-refractivity contribution in [2.75, 3.05) is 18.5 Å². The molecule has 0 spiro atoms. The fourth-order valence-corrected chi connectivity index (χ4v) is 2.86. The molecule has 2 rings (SSSR count). The van der Waals surface area contributed by atoms with Crippen LogP contribution in [0.2, 0.25) is 5.15 Å². The van der Waals surface area contributed by atoms with E-state index in [2.05, 4.69) is 17.3 Å². The zero-order chi connectivity index (χ0) is 14.5. The molecule has 1 aromatic rings. The van der Waals surface area contributed by atoms with Crippen molar-refractivity contribution in [2.24, 2.45) is 11.8 Å². The predicted octanol–water partition coefficient (Wildman–Crippen LogP) is 2.67. The molecular weight excluding hydrogens is 276 g/mol. The third kappa shape index (κ3) is 3.61. The molecule has 1 aliphatic heterocycles. The highest BCUT2D eigenvalue weighted by molar-refractivity contribution is 6.29. The second kappa shape index (κ2) is 6.90. The highest BCUT2D eigenvalue weighted by Crippen LogP contribution is 2.22. The summed E-state index contributed by atoms with van der Waals surface area (Å²) in [7, 11) is 0. The van der Waals surface area contributed by atoms with Crippen LogP contribution in [0.4, 0.5) is 5.82 Å². The summed E-state index contributed by atoms with van der Waals surface area (Å²) in [5.41, 5.74) is 2.96. The number of hydrogen-bond donors (Lipinski definition) is 2. The molecule has 0 saturated carbocycles. The lowest BCUT2D eigenvalue weighted by molar-refractivity contribution is 0.0760. The number of nitrogen functional groups attached to an aromatic ring is 1. The van der Waals surface area contributed by atoms with Gasteiger partial charge in [-0.15, -0.1) is 0 Å². The minimum atomic E-state index is 0.00236. The van der Waals surface area contributed by atoms with Crippen LogP contribution in [0.3, 0.4) is 0 Å². The molecule has 0 radical (unpaired) electrons. The van der Waals surface area contributed by atoms with Gasteiger partial charge in [0.25, 0.3) is 5.91 Å². The number of carbonyl (C=O) groups excluding carboxylic acids is 1. The Kier molecular flexibility index (Phi) is 5.20. The summed E-state index contributed by atoms with van der Waals surface area (Å²) >= 11 is 5.91. The van der Waals surface area contributed by atoms with Gasteiger partial charge in [-0.3, -0.25) is 4.79 Å². The van der Waals surface area contributed by atoms with Crippen molar-refractivity contribution in [3.63, 3.8) is 0 Å². The average Bonchev–Trinajstić information content (AvgIpc) is 2.71. The molecule has 1 fully saturated rings. The Bertz CT molecular complexity index is 480. The lowest BCUT2D eigenvalue weighted by Crippen LogP contribution is -2.32. The van der Waals surface area contributed by atoms with Crippen molar-refractivity contribution >= 4 is 23.3 Å². The maximum Gasteiger partial charge on any atom is 0.254 e. The molecule has 1 saturated heterocycles. The molecule has 1 atom stereocenters. The zero-order valence-electron chi connectivity index (χ0n) is 11.7. The van der Waals surface area contributed by atoms with E-state index in [-0.39, 0.29) is 11.1 Å². The number of carbonyl (C=O) groups is 1. The number of nitrogens with two attached hydrogens (primary N) is 1. The Labute approximate surface area is 124 Å². The van der Waals surface area contributed by atoms with Gasteiger partial charge in [0.1, 0.15) is 11.0 Å². The fourth-order valence-electron chi connectivity index (χ4n) is 2.65. The Morgan fingerprint density at radius 3 is 3.00 bits per heavy atom. The smallest absolute Gasteiger partial charge is 0.254 e. The number of halogens is 1. The van der Waals surface area contributed by atoms with Crippen LogP contribution >= 0.6 is 11.6 Å². The van der Waals surface area contributed by atoms with E-state index in [1.807, 2.05) is 4.90 Å². The fraction of sp³-hybridized carbons (Fsp3) is 0.571. The summed E-state index contributed by atoms with van der Waals surface area (Å²) in [5, 5.41) is 0.269. The van der Waals surface area contributed by atoms with E-state index < -0.39 is 0 Å². The van der Waals surface area contributed by atoms with Crippen LogP contribution in [0.15, 0.2) is 12.1 Å². The van der Waals surface area contributed by atoms with Gasteiger partial charge >= 0.3 is 0 Å². The molecule has 1 amide bonds. The number of rotatable bonds is 3. The van der Waals surface area contributed by atoms with Crippen molar-refractivity contribution in [1.29, 1.82) is 0 Å². The number of likely N-dealkylation sites (tertiary alicyclic amines) is 1.